The van der Waals surface area contributed by atoms with Crippen LogP contribution in [0.15, 0.2) is 0 Å². The van der Waals surface area contributed by atoms with E-state index < -0.39 is 6.30 Å². The molecule has 1 heterocycles. The van der Waals surface area contributed by atoms with Crippen molar-refractivity contribution in [3.63, 3.8) is 0 Å². The Morgan fingerprint density at radius 2 is 2.44 bits per heavy atom. The summed E-state index contributed by atoms with van der Waals surface area (Å²) in [6.45, 7) is 2.99. The van der Waals surface area contributed by atoms with Crippen LogP contribution in [-0.4, -0.2) is 12.8 Å². The number of piperidine rings is 1. The zero-order valence-corrected chi connectivity index (χ0v) is 5.86. The highest BCUT2D eigenvalue weighted by molar-refractivity contribution is 4.70. The van der Waals surface area contributed by atoms with Crippen LogP contribution in [0, 0.1) is 5.92 Å². The van der Waals surface area contributed by atoms with Crippen LogP contribution in [0.3, 0.4) is 0 Å². The smallest absolute Gasteiger partial charge is 0.151 e. The van der Waals surface area contributed by atoms with Crippen molar-refractivity contribution < 1.29 is 4.39 Å². The molecule has 1 aliphatic rings. The van der Waals surface area contributed by atoms with Gasteiger partial charge in [-0.1, -0.05) is 13.3 Å². The maximum Gasteiger partial charge on any atom is 0.151 e. The lowest BCUT2D eigenvalue weighted by molar-refractivity contribution is 0.174. The van der Waals surface area contributed by atoms with Gasteiger partial charge in [-0.3, -0.25) is 5.32 Å². The van der Waals surface area contributed by atoms with E-state index >= 15 is 0 Å². The lowest BCUT2D eigenvalue weighted by atomic mass is 9.95. The second-order valence-electron chi connectivity index (χ2n) is 2.72. The summed E-state index contributed by atoms with van der Waals surface area (Å²) in [4.78, 5) is 0. The molecule has 0 aliphatic carbocycles. The third kappa shape index (κ3) is 1.94. The Hall–Kier alpha value is -0.110. The molecule has 2 unspecified atom stereocenters. The summed E-state index contributed by atoms with van der Waals surface area (Å²) >= 11 is 0. The maximum atomic E-state index is 12.5. The monoisotopic (exact) mass is 131 g/mol. The molecular formula is C7H14FN. The fourth-order valence-electron chi connectivity index (χ4n) is 1.31. The zero-order chi connectivity index (χ0) is 6.69. The predicted molar refractivity (Wildman–Crippen MR) is 35.9 cm³/mol. The van der Waals surface area contributed by atoms with E-state index in [1.165, 1.54) is 0 Å². The lowest BCUT2D eigenvalue weighted by Crippen LogP contribution is -2.34. The molecule has 0 bridgehead atoms. The Balaban J connectivity index is 2.23. The predicted octanol–water partition coefficient (Wildman–Crippen LogP) is 1.69. The molecule has 1 fully saturated rings. The van der Waals surface area contributed by atoms with Crippen molar-refractivity contribution in [2.45, 2.75) is 32.5 Å². The van der Waals surface area contributed by atoms with Crippen molar-refractivity contribution in [3.8, 4) is 0 Å². The van der Waals surface area contributed by atoms with Gasteiger partial charge in [0.2, 0.25) is 0 Å². The number of halogens is 1. The molecule has 1 aliphatic heterocycles. The molecule has 1 nitrogen and oxygen atoms in total. The first-order chi connectivity index (χ1) is 4.33. The molecule has 1 N–H and O–H groups in total. The number of alkyl halides is 1. The van der Waals surface area contributed by atoms with E-state index in [0.717, 1.165) is 25.8 Å². The molecule has 0 aromatic carbocycles. The summed E-state index contributed by atoms with van der Waals surface area (Å²) in [6.07, 6.45) is 2.26. The molecule has 0 spiro atoms. The molecule has 54 valence electrons. The SMILES string of the molecule is CCC1CCNC(F)C1. The minimum atomic E-state index is -0.733. The van der Waals surface area contributed by atoms with Crippen molar-refractivity contribution in [3.05, 3.63) is 0 Å². The molecule has 0 radical (unpaired) electrons. The lowest BCUT2D eigenvalue weighted by Gasteiger charge is -2.24. The Labute approximate surface area is 55.6 Å². The third-order valence-electron chi connectivity index (χ3n) is 2.04. The molecule has 0 amide bonds. The van der Waals surface area contributed by atoms with E-state index in [1.807, 2.05) is 0 Å². The van der Waals surface area contributed by atoms with Crippen LogP contribution in [-0.2, 0) is 0 Å². The van der Waals surface area contributed by atoms with Gasteiger partial charge < -0.3 is 0 Å². The second kappa shape index (κ2) is 3.16. The van der Waals surface area contributed by atoms with E-state index in [9.17, 15) is 4.39 Å². The van der Waals surface area contributed by atoms with Gasteiger partial charge >= 0.3 is 0 Å². The normalized spacial score (nSPS) is 36.7. The van der Waals surface area contributed by atoms with Gasteiger partial charge in [-0.25, -0.2) is 4.39 Å². The average Bonchev–Trinajstić information content (AvgIpc) is 1.88. The van der Waals surface area contributed by atoms with Crippen LogP contribution >= 0.6 is 0 Å². The van der Waals surface area contributed by atoms with Gasteiger partial charge in [0, 0.05) is 0 Å². The highest BCUT2D eigenvalue weighted by atomic mass is 19.1. The van der Waals surface area contributed by atoms with Crippen molar-refractivity contribution in [2.24, 2.45) is 5.92 Å². The summed E-state index contributed by atoms with van der Waals surface area (Å²) in [5, 5.41) is 2.78. The summed E-state index contributed by atoms with van der Waals surface area (Å²) in [6, 6.07) is 0. The number of hydrogen-bond acceptors (Lipinski definition) is 1. The standard InChI is InChI=1S/C7H14FN/c1-2-6-3-4-9-7(8)5-6/h6-7,9H,2-5H2,1H3. The van der Waals surface area contributed by atoms with E-state index in [2.05, 4.69) is 12.2 Å². The number of rotatable bonds is 1. The van der Waals surface area contributed by atoms with Crippen LogP contribution < -0.4 is 5.32 Å². The third-order valence-corrected chi connectivity index (χ3v) is 2.04. The van der Waals surface area contributed by atoms with Crippen molar-refractivity contribution >= 4 is 0 Å². The average molecular weight is 131 g/mol. The van der Waals surface area contributed by atoms with Crippen molar-refractivity contribution in [2.75, 3.05) is 6.54 Å². The first-order valence-electron chi connectivity index (χ1n) is 3.70. The second-order valence-corrected chi connectivity index (χ2v) is 2.72. The van der Waals surface area contributed by atoms with E-state index in [-0.39, 0.29) is 0 Å². The van der Waals surface area contributed by atoms with E-state index in [4.69, 9.17) is 0 Å². The number of nitrogens with one attached hydrogen (secondary N) is 1. The molecule has 9 heavy (non-hydrogen) atoms. The quantitative estimate of drug-likeness (QED) is 0.534. The molecule has 0 saturated carbocycles. The van der Waals surface area contributed by atoms with Crippen LogP contribution in [0.25, 0.3) is 0 Å². The molecule has 0 aromatic heterocycles. The Bertz CT molecular complexity index is 85.0. The van der Waals surface area contributed by atoms with Crippen molar-refractivity contribution in [1.29, 1.82) is 0 Å². The van der Waals surface area contributed by atoms with Gasteiger partial charge in [-0.05, 0) is 25.3 Å². The highest BCUT2D eigenvalue weighted by Gasteiger charge is 2.18. The molecule has 2 atom stereocenters. The first kappa shape index (κ1) is 7.00. The Morgan fingerprint density at radius 1 is 1.67 bits per heavy atom. The zero-order valence-electron chi connectivity index (χ0n) is 5.86. The molecule has 2 heteroatoms. The largest absolute Gasteiger partial charge is 0.288 e. The van der Waals surface area contributed by atoms with Gasteiger partial charge in [-0.15, -0.1) is 0 Å². The van der Waals surface area contributed by atoms with Gasteiger partial charge in [0.15, 0.2) is 6.30 Å². The minimum absolute atomic E-state index is 0.626. The fourth-order valence-corrected chi connectivity index (χ4v) is 1.31. The van der Waals surface area contributed by atoms with E-state index in [0.29, 0.717) is 5.92 Å². The Kier molecular flexibility index (Phi) is 2.46. The number of hydrogen-bond donors (Lipinski definition) is 1. The molecular weight excluding hydrogens is 117 g/mol. The first-order valence-corrected chi connectivity index (χ1v) is 3.70. The van der Waals surface area contributed by atoms with Gasteiger partial charge in [0.25, 0.3) is 0 Å². The maximum absolute atomic E-state index is 12.5. The van der Waals surface area contributed by atoms with Gasteiger partial charge in [0.05, 0.1) is 0 Å². The van der Waals surface area contributed by atoms with Crippen LogP contribution in [0.4, 0.5) is 4.39 Å². The summed E-state index contributed by atoms with van der Waals surface area (Å²) in [5.74, 6) is 0.626. The molecule has 1 rings (SSSR count). The van der Waals surface area contributed by atoms with Gasteiger partial charge in [0.1, 0.15) is 0 Å². The molecule has 0 aromatic rings. The summed E-state index contributed by atoms with van der Waals surface area (Å²) < 4.78 is 12.5. The van der Waals surface area contributed by atoms with Crippen LogP contribution in [0.1, 0.15) is 26.2 Å². The topological polar surface area (TPSA) is 12.0 Å². The fraction of sp³-hybridized carbons (Fsp3) is 1.00. The van der Waals surface area contributed by atoms with Crippen LogP contribution in [0.5, 0.6) is 0 Å². The highest BCUT2D eigenvalue weighted by Crippen LogP contribution is 2.19. The summed E-state index contributed by atoms with van der Waals surface area (Å²) in [5.41, 5.74) is 0. The van der Waals surface area contributed by atoms with Crippen molar-refractivity contribution in [1.82, 2.24) is 5.32 Å². The Morgan fingerprint density at radius 3 is 2.89 bits per heavy atom. The van der Waals surface area contributed by atoms with Gasteiger partial charge in [-0.2, -0.15) is 0 Å². The molecule has 1 saturated heterocycles. The minimum Gasteiger partial charge on any atom is -0.288 e. The van der Waals surface area contributed by atoms with Crippen LogP contribution in [0.2, 0.25) is 0 Å². The summed E-state index contributed by atoms with van der Waals surface area (Å²) in [7, 11) is 0. The van der Waals surface area contributed by atoms with E-state index in [1.54, 1.807) is 0 Å².